The molecule has 2 aromatic heterocycles. The number of aliphatic hydroxyl groups excluding tert-OH is 1. The number of pyridine rings is 2. The van der Waals surface area contributed by atoms with Crippen LogP contribution in [0.25, 0.3) is 21.8 Å². The Bertz CT molecular complexity index is 1710. The molecule has 4 heterocycles. The van der Waals surface area contributed by atoms with Gasteiger partial charge in [0.25, 0.3) is 0 Å². The van der Waals surface area contributed by atoms with E-state index in [1.165, 1.54) is 0 Å². The number of nitrogens with two attached hydrogens (primary N) is 1. The third kappa shape index (κ3) is 4.93. The fourth-order valence-corrected chi connectivity index (χ4v) is 5.73. The highest BCUT2D eigenvalue weighted by Crippen LogP contribution is 2.34. The molecule has 2 atom stereocenters. The van der Waals surface area contributed by atoms with Crippen molar-refractivity contribution in [2.24, 2.45) is 15.8 Å². The summed E-state index contributed by atoms with van der Waals surface area (Å²) in [6.45, 7) is 5.17. The Morgan fingerprint density at radius 2 is 1.46 bits per heavy atom. The quantitative estimate of drug-likeness (QED) is 0.371. The van der Waals surface area contributed by atoms with Gasteiger partial charge in [-0.2, -0.15) is 4.99 Å². The number of hydrogen-bond acceptors (Lipinski definition) is 10. The SMILES string of the molecule is Cc1cc(N(C)C)c2cc(C3=NC(c4ccc5nc(C)cc(N(C)C)c5c4)N(N)C(N4CCC(O)C4)=N3)ccc2n1. The maximum absolute atomic E-state index is 10.3. The van der Waals surface area contributed by atoms with Crippen LogP contribution in [0.1, 0.15) is 35.1 Å². The van der Waals surface area contributed by atoms with Gasteiger partial charge in [0.2, 0.25) is 5.96 Å². The monoisotopic (exact) mass is 551 g/mol. The van der Waals surface area contributed by atoms with Gasteiger partial charge in [0, 0.05) is 80.4 Å². The lowest BCUT2D eigenvalue weighted by molar-refractivity contribution is 0.183. The molecule has 4 aromatic rings. The second-order valence-electron chi connectivity index (χ2n) is 11.4. The number of hydrazine groups is 1. The van der Waals surface area contributed by atoms with Crippen LogP contribution in [0.4, 0.5) is 11.4 Å². The molecule has 0 aliphatic carbocycles. The van der Waals surface area contributed by atoms with Crippen molar-refractivity contribution in [1.29, 1.82) is 0 Å². The highest BCUT2D eigenvalue weighted by molar-refractivity contribution is 6.10. The van der Waals surface area contributed by atoms with Gasteiger partial charge in [0.1, 0.15) is 0 Å². The third-order valence-corrected chi connectivity index (χ3v) is 7.76. The molecule has 6 rings (SSSR count). The van der Waals surface area contributed by atoms with Crippen LogP contribution < -0.4 is 15.6 Å². The predicted molar refractivity (Wildman–Crippen MR) is 167 cm³/mol. The number of rotatable bonds is 4. The van der Waals surface area contributed by atoms with Gasteiger partial charge in [0.15, 0.2) is 12.0 Å². The zero-order chi connectivity index (χ0) is 29.0. The molecule has 2 aliphatic heterocycles. The Morgan fingerprint density at radius 1 is 0.854 bits per heavy atom. The van der Waals surface area contributed by atoms with Crippen LogP contribution in [0.5, 0.6) is 0 Å². The number of amidine groups is 1. The largest absolute Gasteiger partial charge is 0.391 e. The van der Waals surface area contributed by atoms with E-state index in [1.807, 2.05) is 71.2 Å². The van der Waals surface area contributed by atoms with Crippen LogP contribution in [0.2, 0.25) is 0 Å². The molecular weight excluding hydrogens is 514 g/mol. The van der Waals surface area contributed by atoms with E-state index in [0.29, 0.717) is 31.3 Å². The molecule has 0 bridgehead atoms. The molecule has 41 heavy (non-hydrogen) atoms. The Labute approximate surface area is 240 Å². The number of fused-ring (bicyclic) bond motifs is 2. The molecule has 3 N–H and O–H groups in total. The second kappa shape index (κ2) is 10.3. The first-order valence-corrected chi connectivity index (χ1v) is 13.9. The lowest BCUT2D eigenvalue weighted by Gasteiger charge is -2.35. The number of aliphatic hydroxyl groups is 1. The van der Waals surface area contributed by atoms with Gasteiger partial charge in [-0.1, -0.05) is 6.07 Å². The van der Waals surface area contributed by atoms with Gasteiger partial charge in [-0.15, -0.1) is 0 Å². The first-order chi connectivity index (χ1) is 19.6. The topological polar surface area (TPSA) is 110 Å². The Hall–Kier alpha value is -4.28. The van der Waals surface area contributed by atoms with E-state index in [4.69, 9.17) is 25.8 Å². The molecule has 0 spiro atoms. The number of aryl methyl sites for hydroxylation is 2. The van der Waals surface area contributed by atoms with Gasteiger partial charge < -0.3 is 19.8 Å². The molecule has 0 saturated carbocycles. The summed E-state index contributed by atoms with van der Waals surface area (Å²) in [5, 5.41) is 14.0. The molecule has 0 radical (unpaired) electrons. The number of benzene rings is 2. The zero-order valence-corrected chi connectivity index (χ0v) is 24.5. The second-order valence-corrected chi connectivity index (χ2v) is 11.4. The number of aliphatic imine (C=N–C) groups is 2. The van der Waals surface area contributed by atoms with Crippen LogP contribution in [0, 0.1) is 13.8 Å². The minimum atomic E-state index is -0.517. The van der Waals surface area contributed by atoms with Gasteiger partial charge in [-0.05, 0) is 68.3 Å². The van der Waals surface area contributed by atoms with Crippen molar-refractivity contribution < 1.29 is 5.11 Å². The highest BCUT2D eigenvalue weighted by Gasteiger charge is 2.33. The summed E-state index contributed by atoms with van der Waals surface area (Å²) >= 11 is 0. The van der Waals surface area contributed by atoms with Gasteiger partial charge in [-0.3, -0.25) is 15.0 Å². The lowest BCUT2D eigenvalue weighted by atomic mass is 10.0. The van der Waals surface area contributed by atoms with E-state index in [9.17, 15) is 5.11 Å². The summed E-state index contributed by atoms with van der Waals surface area (Å²) in [5.74, 6) is 7.98. The van der Waals surface area contributed by atoms with Crippen LogP contribution in [-0.4, -0.2) is 84.2 Å². The van der Waals surface area contributed by atoms with E-state index in [0.717, 1.165) is 55.7 Å². The van der Waals surface area contributed by atoms with Gasteiger partial charge in [-0.25, -0.2) is 10.8 Å². The first kappa shape index (κ1) is 26.9. The fraction of sp³-hybridized carbons (Fsp3) is 0.355. The van der Waals surface area contributed by atoms with Crippen LogP contribution in [0.3, 0.4) is 0 Å². The fourth-order valence-electron chi connectivity index (χ4n) is 5.73. The minimum absolute atomic E-state index is 0.415. The molecule has 1 saturated heterocycles. The van der Waals surface area contributed by atoms with Crippen molar-refractivity contribution in [3.8, 4) is 0 Å². The molecule has 2 aliphatic rings. The number of likely N-dealkylation sites (tertiary alicyclic amines) is 1. The maximum Gasteiger partial charge on any atom is 0.220 e. The summed E-state index contributed by atoms with van der Waals surface area (Å²) in [4.78, 5) is 25.8. The van der Waals surface area contributed by atoms with Crippen molar-refractivity contribution in [3.05, 3.63) is 71.0 Å². The number of aromatic nitrogens is 2. The summed E-state index contributed by atoms with van der Waals surface area (Å²) < 4.78 is 0. The average Bonchev–Trinajstić information content (AvgIpc) is 3.37. The summed E-state index contributed by atoms with van der Waals surface area (Å²) in [7, 11) is 8.14. The van der Waals surface area contributed by atoms with Crippen molar-refractivity contribution >= 4 is 45.0 Å². The zero-order valence-electron chi connectivity index (χ0n) is 24.5. The molecule has 212 valence electrons. The standard InChI is InChI=1S/C31H37N9O/c1-18-13-27(37(3)4)23-15-20(7-9-25(23)33-18)29-35-30(40(32)31(36-29)39-12-11-22(41)17-39)21-8-10-26-24(16-21)28(38(5)6)14-19(2)34-26/h7-10,13-16,22,30,41H,11-12,17,32H2,1-6H3. The molecular formula is C31H37N9O. The van der Waals surface area contributed by atoms with E-state index in [2.05, 4.69) is 34.1 Å². The molecule has 2 aromatic carbocycles. The van der Waals surface area contributed by atoms with Crippen molar-refractivity contribution in [1.82, 2.24) is 19.9 Å². The van der Waals surface area contributed by atoms with E-state index < -0.39 is 12.3 Å². The molecule has 0 amide bonds. The first-order valence-electron chi connectivity index (χ1n) is 13.9. The van der Waals surface area contributed by atoms with Crippen LogP contribution >= 0.6 is 0 Å². The van der Waals surface area contributed by atoms with Crippen LogP contribution in [0.15, 0.2) is 58.5 Å². The van der Waals surface area contributed by atoms with Crippen molar-refractivity contribution in [2.45, 2.75) is 32.5 Å². The number of nitrogens with zero attached hydrogens (tertiary/aromatic N) is 8. The molecule has 1 fully saturated rings. The smallest absolute Gasteiger partial charge is 0.220 e. The summed E-state index contributed by atoms with van der Waals surface area (Å²) in [5.41, 5.74) is 7.77. The number of hydrogen-bond donors (Lipinski definition) is 2. The Morgan fingerprint density at radius 3 is 2.05 bits per heavy atom. The number of anilines is 2. The minimum Gasteiger partial charge on any atom is -0.391 e. The van der Waals surface area contributed by atoms with Crippen molar-refractivity contribution in [2.75, 3.05) is 51.1 Å². The summed E-state index contributed by atoms with van der Waals surface area (Å²) in [6, 6.07) is 16.5. The lowest BCUT2D eigenvalue weighted by Crippen LogP contribution is -2.51. The normalized spacial score (nSPS) is 19.1. The molecule has 10 heteroatoms. The Kier molecular flexibility index (Phi) is 6.75. The van der Waals surface area contributed by atoms with Crippen molar-refractivity contribution in [3.63, 3.8) is 0 Å². The predicted octanol–water partition coefficient (Wildman–Crippen LogP) is 3.59. The maximum atomic E-state index is 10.3. The average molecular weight is 552 g/mol. The number of guanidine groups is 1. The van der Waals surface area contributed by atoms with E-state index in [-0.39, 0.29) is 0 Å². The van der Waals surface area contributed by atoms with Gasteiger partial charge in [0.05, 0.1) is 17.1 Å². The number of β-amino-alcohol motifs (C(OH)–C–C–N with tert-alkyl or cyclic N) is 1. The Balaban J connectivity index is 1.51. The van der Waals surface area contributed by atoms with Gasteiger partial charge >= 0.3 is 0 Å². The van der Waals surface area contributed by atoms with E-state index >= 15 is 0 Å². The van der Waals surface area contributed by atoms with E-state index in [1.54, 1.807) is 5.01 Å². The summed E-state index contributed by atoms with van der Waals surface area (Å²) in [6.07, 6.45) is -0.261. The highest BCUT2D eigenvalue weighted by atomic mass is 16.3. The molecule has 10 nitrogen and oxygen atoms in total. The van der Waals surface area contributed by atoms with Crippen LogP contribution in [-0.2, 0) is 0 Å². The third-order valence-electron chi connectivity index (χ3n) is 7.76. The molecule has 2 unspecified atom stereocenters.